The summed E-state index contributed by atoms with van der Waals surface area (Å²) in [5.74, 6) is -0.550. The third kappa shape index (κ3) is 15.7. The maximum atomic E-state index is 10.9. The second-order valence-electron chi connectivity index (χ2n) is 5.82. The summed E-state index contributed by atoms with van der Waals surface area (Å²) in [6, 6.07) is 0. The Morgan fingerprint density at radius 3 is 2.23 bits per heavy atom. The molecule has 0 rings (SSSR count). The van der Waals surface area contributed by atoms with Crippen molar-refractivity contribution < 1.29 is 18.7 Å². The normalized spacial score (nSPS) is 13.3. The fourth-order valence-electron chi connectivity index (χ4n) is 2.42. The maximum absolute atomic E-state index is 10.9. The smallest absolute Gasteiger partial charge is 0.303 e. The van der Waals surface area contributed by atoms with Gasteiger partial charge in [0.15, 0.2) is 0 Å². The Labute approximate surface area is 137 Å². The van der Waals surface area contributed by atoms with Gasteiger partial charge in [-0.2, -0.15) is 0 Å². The molecule has 0 aliphatic heterocycles. The lowest BCUT2D eigenvalue weighted by Gasteiger charge is -2.10. The van der Waals surface area contributed by atoms with Gasteiger partial charge in [0.1, 0.15) is 0 Å². The van der Waals surface area contributed by atoms with Crippen LogP contribution in [0.15, 0.2) is 11.6 Å². The van der Waals surface area contributed by atoms with E-state index in [1.165, 1.54) is 19.3 Å². The van der Waals surface area contributed by atoms with Gasteiger partial charge in [-0.25, -0.2) is 0 Å². The van der Waals surface area contributed by atoms with Crippen molar-refractivity contribution >= 4 is 17.0 Å². The number of aliphatic carboxylic acids is 1. The number of carbonyl (C=O) groups is 1. The lowest BCUT2D eigenvalue weighted by atomic mass is 10.0. The van der Waals surface area contributed by atoms with E-state index in [1.54, 1.807) is 0 Å². The summed E-state index contributed by atoms with van der Waals surface area (Å²) in [5.41, 5.74) is 1.05. The zero-order valence-corrected chi connectivity index (χ0v) is 14.7. The van der Waals surface area contributed by atoms with Gasteiger partial charge in [0, 0.05) is 12.2 Å². The summed E-state index contributed by atoms with van der Waals surface area (Å²) in [7, 11) is 0. The molecule has 0 heterocycles. The quantitative estimate of drug-likeness (QED) is 0.271. The zero-order chi connectivity index (χ0) is 16.6. The number of unbranched alkanes of at least 4 members (excludes halogenated alkanes) is 8. The minimum atomic E-state index is -1.99. The lowest BCUT2D eigenvalue weighted by molar-refractivity contribution is -0.137. The molecule has 4 nitrogen and oxygen atoms in total. The van der Waals surface area contributed by atoms with E-state index in [0.717, 1.165) is 56.9 Å². The van der Waals surface area contributed by atoms with Crippen LogP contribution in [-0.2, 0) is 15.9 Å². The maximum Gasteiger partial charge on any atom is 0.303 e. The first-order chi connectivity index (χ1) is 10.6. The Morgan fingerprint density at radius 1 is 1.00 bits per heavy atom. The monoisotopic (exact) mass is 331 g/mol. The molecule has 0 spiro atoms. The Hall–Kier alpha value is -0.680. The molecule has 0 aromatic carbocycles. The molecule has 0 radical (unpaired) electrons. The number of hydrogen-bond donors (Lipinski definition) is 1. The van der Waals surface area contributed by atoms with Crippen LogP contribution in [0.3, 0.4) is 0 Å². The van der Waals surface area contributed by atoms with Crippen molar-refractivity contribution in [2.45, 2.75) is 84.0 Å². The predicted octanol–water partition coefficient (Wildman–Crippen LogP) is 4.58. The Balaban J connectivity index is 3.79. The molecule has 1 N–H and O–H groups in total. The molecule has 1 unspecified atom stereocenters. The lowest BCUT2D eigenvalue weighted by Crippen LogP contribution is -2.00. The molecule has 1 atom stereocenters. The Morgan fingerprint density at radius 2 is 1.59 bits per heavy atom. The van der Waals surface area contributed by atoms with Gasteiger partial charge in [0.2, 0.25) is 0 Å². The topological polar surface area (TPSA) is 77.4 Å². The fourth-order valence-corrected chi connectivity index (χ4v) is 2.99. The number of carboxylic acids is 1. The summed E-state index contributed by atoms with van der Waals surface area (Å²) < 4.78 is 21.7. The molecule has 0 fully saturated rings. The minimum absolute atomic E-state index is 0.171. The van der Waals surface area contributed by atoms with Crippen LogP contribution in [0.4, 0.5) is 0 Å². The zero-order valence-electron chi connectivity index (χ0n) is 13.8. The van der Waals surface area contributed by atoms with E-state index < -0.39 is 17.0 Å². The summed E-state index contributed by atoms with van der Waals surface area (Å²) in [6.07, 6.45) is 13.7. The first-order valence-corrected chi connectivity index (χ1v) is 9.76. The van der Waals surface area contributed by atoms with Crippen LogP contribution in [0.1, 0.15) is 84.0 Å². The van der Waals surface area contributed by atoms with Gasteiger partial charge >= 0.3 is 5.97 Å². The summed E-state index contributed by atoms with van der Waals surface area (Å²) >= 11 is -1.99. The van der Waals surface area contributed by atoms with Crippen molar-refractivity contribution in [3.05, 3.63) is 11.6 Å². The van der Waals surface area contributed by atoms with Gasteiger partial charge in [-0.3, -0.25) is 9.00 Å². The van der Waals surface area contributed by atoms with Gasteiger partial charge in [-0.15, -0.1) is 0 Å². The molecule has 22 heavy (non-hydrogen) atoms. The summed E-state index contributed by atoms with van der Waals surface area (Å²) in [6.45, 7) is 2.17. The van der Waals surface area contributed by atoms with Crippen molar-refractivity contribution in [1.29, 1.82) is 0 Å². The highest BCUT2D eigenvalue weighted by Gasteiger charge is 1.99. The highest BCUT2D eigenvalue weighted by molar-refractivity contribution is 7.79. The second-order valence-corrected chi connectivity index (χ2v) is 6.72. The number of hydrogen-bond acceptors (Lipinski definition) is 3. The molecule has 0 amide bonds. The van der Waals surface area contributed by atoms with Crippen molar-refractivity contribution in [3.63, 3.8) is 0 Å². The second kappa shape index (κ2) is 15.2. The number of allylic oxidation sites excluding steroid dienone is 1. The van der Waals surface area contributed by atoms with E-state index in [-0.39, 0.29) is 12.2 Å². The molecular formula is C17H31O4S-. The highest BCUT2D eigenvalue weighted by atomic mass is 32.2. The van der Waals surface area contributed by atoms with Crippen LogP contribution in [-0.4, -0.2) is 25.6 Å². The van der Waals surface area contributed by atoms with E-state index >= 15 is 0 Å². The first-order valence-electron chi connectivity index (χ1n) is 8.51. The average Bonchev–Trinajstić information content (AvgIpc) is 2.45. The first kappa shape index (κ1) is 21.3. The number of carboxylic acid groups (broad SMARTS) is 1. The molecule has 0 bridgehead atoms. The van der Waals surface area contributed by atoms with Crippen molar-refractivity contribution in [2.24, 2.45) is 0 Å². The van der Waals surface area contributed by atoms with E-state index in [2.05, 4.69) is 13.0 Å². The Bertz CT molecular complexity index is 340. The summed E-state index contributed by atoms with van der Waals surface area (Å²) in [5, 5.41) is 8.53. The molecule has 0 saturated heterocycles. The third-order valence-corrected chi connectivity index (χ3v) is 4.29. The molecular weight excluding hydrogens is 300 g/mol. The SMILES string of the molecule is CCCCCC/C(=C\CCCCCCCC(=O)O)CS(=O)[O-]. The standard InChI is InChI=1S/C17H32O4S/c1-2-3-4-9-12-16(15-22(20)21)13-10-7-5-6-8-11-14-17(18)19/h13H,2-12,14-15H2,1H3,(H,18,19)(H,20,21)/p-1/b16-13+. The van der Waals surface area contributed by atoms with Crippen LogP contribution in [0.5, 0.6) is 0 Å². The minimum Gasteiger partial charge on any atom is -0.772 e. The van der Waals surface area contributed by atoms with Gasteiger partial charge < -0.3 is 9.66 Å². The molecule has 0 aliphatic rings. The predicted molar refractivity (Wildman–Crippen MR) is 90.6 cm³/mol. The van der Waals surface area contributed by atoms with Crippen molar-refractivity contribution in [3.8, 4) is 0 Å². The average molecular weight is 331 g/mol. The van der Waals surface area contributed by atoms with E-state index in [1.807, 2.05) is 0 Å². The Kier molecular flexibility index (Phi) is 14.8. The molecule has 130 valence electrons. The highest BCUT2D eigenvalue weighted by Crippen LogP contribution is 2.14. The third-order valence-electron chi connectivity index (χ3n) is 3.68. The molecule has 0 aromatic heterocycles. The molecule has 0 aromatic rings. The van der Waals surface area contributed by atoms with Gasteiger partial charge in [-0.05, 0) is 32.1 Å². The van der Waals surface area contributed by atoms with Gasteiger partial charge in [0.25, 0.3) is 0 Å². The van der Waals surface area contributed by atoms with E-state index in [9.17, 15) is 13.6 Å². The largest absolute Gasteiger partial charge is 0.772 e. The molecule has 0 saturated carbocycles. The fraction of sp³-hybridized carbons (Fsp3) is 0.824. The van der Waals surface area contributed by atoms with E-state index in [0.29, 0.717) is 0 Å². The van der Waals surface area contributed by atoms with E-state index in [4.69, 9.17) is 5.11 Å². The van der Waals surface area contributed by atoms with Crippen molar-refractivity contribution in [2.75, 3.05) is 5.75 Å². The van der Waals surface area contributed by atoms with Crippen LogP contribution >= 0.6 is 0 Å². The van der Waals surface area contributed by atoms with Crippen LogP contribution < -0.4 is 0 Å². The van der Waals surface area contributed by atoms with Crippen LogP contribution in [0.25, 0.3) is 0 Å². The molecule has 0 aliphatic carbocycles. The molecule has 5 heteroatoms. The van der Waals surface area contributed by atoms with Crippen LogP contribution in [0.2, 0.25) is 0 Å². The van der Waals surface area contributed by atoms with Gasteiger partial charge in [-0.1, -0.05) is 68.2 Å². The van der Waals surface area contributed by atoms with Crippen LogP contribution in [0, 0.1) is 0 Å². The van der Waals surface area contributed by atoms with Gasteiger partial charge in [0.05, 0.1) is 0 Å². The number of rotatable bonds is 15. The summed E-state index contributed by atoms with van der Waals surface area (Å²) in [4.78, 5) is 10.4. The van der Waals surface area contributed by atoms with Crippen molar-refractivity contribution in [1.82, 2.24) is 0 Å².